The SMILES string of the molecule is CCOc1ccc(C(=O)N(C)Cc2ccc(C(=O)OC)cc2)cn1. The van der Waals surface area contributed by atoms with Crippen molar-refractivity contribution >= 4 is 11.9 Å². The van der Waals surface area contributed by atoms with E-state index in [0.29, 0.717) is 30.2 Å². The fourth-order valence-corrected chi connectivity index (χ4v) is 2.17. The van der Waals surface area contributed by atoms with E-state index in [1.165, 1.54) is 13.3 Å². The smallest absolute Gasteiger partial charge is 0.337 e. The highest BCUT2D eigenvalue weighted by atomic mass is 16.5. The molecule has 24 heavy (non-hydrogen) atoms. The first-order valence-electron chi connectivity index (χ1n) is 7.56. The van der Waals surface area contributed by atoms with Crippen LogP contribution in [-0.4, -0.2) is 42.5 Å². The molecule has 0 aliphatic carbocycles. The topological polar surface area (TPSA) is 68.7 Å². The number of esters is 1. The van der Waals surface area contributed by atoms with Crippen LogP contribution in [0, 0.1) is 0 Å². The summed E-state index contributed by atoms with van der Waals surface area (Å²) in [5.41, 5.74) is 1.88. The van der Waals surface area contributed by atoms with E-state index in [2.05, 4.69) is 9.72 Å². The van der Waals surface area contributed by atoms with Gasteiger partial charge in [0.25, 0.3) is 5.91 Å². The monoisotopic (exact) mass is 328 g/mol. The lowest BCUT2D eigenvalue weighted by molar-refractivity contribution is 0.0600. The van der Waals surface area contributed by atoms with Crippen molar-refractivity contribution in [1.82, 2.24) is 9.88 Å². The van der Waals surface area contributed by atoms with E-state index in [4.69, 9.17) is 4.74 Å². The summed E-state index contributed by atoms with van der Waals surface area (Å²) in [5, 5.41) is 0. The quantitative estimate of drug-likeness (QED) is 0.762. The third kappa shape index (κ3) is 4.32. The van der Waals surface area contributed by atoms with E-state index in [-0.39, 0.29) is 11.9 Å². The molecule has 2 rings (SSSR count). The van der Waals surface area contributed by atoms with Crippen LogP contribution in [0.2, 0.25) is 0 Å². The van der Waals surface area contributed by atoms with Crippen LogP contribution < -0.4 is 4.74 Å². The van der Waals surface area contributed by atoms with Crippen LogP contribution >= 0.6 is 0 Å². The number of amides is 1. The molecule has 0 spiro atoms. The molecule has 2 aromatic rings. The minimum atomic E-state index is -0.383. The third-order valence-corrected chi connectivity index (χ3v) is 3.42. The summed E-state index contributed by atoms with van der Waals surface area (Å²) in [5.74, 6) is -0.0239. The van der Waals surface area contributed by atoms with E-state index in [1.54, 1.807) is 48.3 Å². The van der Waals surface area contributed by atoms with Crippen LogP contribution in [0.3, 0.4) is 0 Å². The van der Waals surface area contributed by atoms with Gasteiger partial charge in [0.05, 0.1) is 24.8 Å². The Labute approximate surface area is 141 Å². The fourth-order valence-electron chi connectivity index (χ4n) is 2.17. The molecular formula is C18H20N2O4. The second-order valence-electron chi connectivity index (χ2n) is 5.17. The number of carbonyl (C=O) groups excluding carboxylic acids is 2. The van der Waals surface area contributed by atoms with Crippen LogP contribution in [0.1, 0.15) is 33.2 Å². The number of benzene rings is 1. The van der Waals surface area contributed by atoms with Crippen molar-refractivity contribution in [3.63, 3.8) is 0 Å². The summed E-state index contributed by atoms with van der Waals surface area (Å²) in [7, 11) is 3.06. The molecule has 126 valence electrons. The van der Waals surface area contributed by atoms with Gasteiger partial charge in [0.15, 0.2) is 0 Å². The molecule has 0 fully saturated rings. The minimum Gasteiger partial charge on any atom is -0.478 e. The zero-order chi connectivity index (χ0) is 17.5. The zero-order valence-electron chi connectivity index (χ0n) is 14.0. The standard InChI is InChI=1S/C18H20N2O4/c1-4-24-16-10-9-15(11-19-16)17(21)20(2)12-13-5-7-14(8-6-13)18(22)23-3/h5-11H,4,12H2,1-3H3. The molecule has 0 bridgehead atoms. The van der Waals surface area contributed by atoms with Crippen molar-refractivity contribution in [3.8, 4) is 5.88 Å². The number of hydrogen-bond donors (Lipinski definition) is 0. The molecule has 1 amide bonds. The molecule has 0 atom stereocenters. The first kappa shape index (κ1) is 17.5. The van der Waals surface area contributed by atoms with Gasteiger partial charge in [0, 0.05) is 25.9 Å². The first-order chi connectivity index (χ1) is 11.5. The van der Waals surface area contributed by atoms with Crippen molar-refractivity contribution in [1.29, 1.82) is 0 Å². The largest absolute Gasteiger partial charge is 0.478 e. The van der Waals surface area contributed by atoms with E-state index >= 15 is 0 Å². The summed E-state index contributed by atoms with van der Waals surface area (Å²) < 4.78 is 9.92. The highest BCUT2D eigenvalue weighted by Crippen LogP contribution is 2.12. The van der Waals surface area contributed by atoms with Gasteiger partial charge in [0.1, 0.15) is 0 Å². The van der Waals surface area contributed by atoms with Gasteiger partial charge in [-0.05, 0) is 30.7 Å². The summed E-state index contributed by atoms with van der Waals surface area (Å²) in [4.78, 5) is 29.5. The Morgan fingerprint density at radius 3 is 2.29 bits per heavy atom. The molecule has 0 radical (unpaired) electrons. The Morgan fingerprint density at radius 1 is 1.08 bits per heavy atom. The van der Waals surface area contributed by atoms with E-state index < -0.39 is 0 Å². The van der Waals surface area contributed by atoms with Crippen molar-refractivity contribution in [2.75, 3.05) is 20.8 Å². The second-order valence-corrected chi connectivity index (χ2v) is 5.17. The average molecular weight is 328 g/mol. The molecule has 1 aromatic heterocycles. The van der Waals surface area contributed by atoms with Gasteiger partial charge in [-0.1, -0.05) is 12.1 Å². The second kappa shape index (κ2) is 8.10. The molecular weight excluding hydrogens is 308 g/mol. The number of nitrogens with zero attached hydrogens (tertiary/aromatic N) is 2. The van der Waals surface area contributed by atoms with Gasteiger partial charge < -0.3 is 14.4 Å². The highest BCUT2D eigenvalue weighted by Gasteiger charge is 2.13. The minimum absolute atomic E-state index is 0.136. The van der Waals surface area contributed by atoms with Crippen molar-refractivity contribution in [2.45, 2.75) is 13.5 Å². The Morgan fingerprint density at radius 2 is 1.75 bits per heavy atom. The lowest BCUT2D eigenvalue weighted by Gasteiger charge is -2.17. The third-order valence-electron chi connectivity index (χ3n) is 3.42. The van der Waals surface area contributed by atoms with Crippen molar-refractivity contribution in [3.05, 3.63) is 59.3 Å². The number of ether oxygens (including phenoxy) is 2. The van der Waals surface area contributed by atoms with Gasteiger partial charge in [-0.2, -0.15) is 0 Å². The summed E-state index contributed by atoms with van der Waals surface area (Å²) >= 11 is 0. The van der Waals surface area contributed by atoms with Crippen LogP contribution in [0.4, 0.5) is 0 Å². The molecule has 0 unspecified atom stereocenters. The Kier molecular flexibility index (Phi) is 5.89. The lowest BCUT2D eigenvalue weighted by Crippen LogP contribution is -2.26. The van der Waals surface area contributed by atoms with Crippen LogP contribution in [0.25, 0.3) is 0 Å². The molecule has 0 N–H and O–H groups in total. The van der Waals surface area contributed by atoms with E-state index in [1.807, 2.05) is 6.92 Å². The highest BCUT2D eigenvalue weighted by molar-refractivity contribution is 5.93. The number of rotatable bonds is 6. The Balaban J connectivity index is 2.01. The normalized spacial score (nSPS) is 10.1. The van der Waals surface area contributed by atoms with Crippen molar-refractivity contribution in [2.24, 2.45) is 0 Å². The number of carbonyl (C=O) groups is 2. The predicted octanol–water partition coefficient (Wildman–Crippen LogP) is 2.54. The molecule has 6 nitrogen and oxygen atoms in total. The molecule has 0 saturated carbocycles. The molecule has 1 heterocycles. The lowest BCUT2D eigenvalue weighted by atomic mass is 10.1. The maximum Gasteiger partial charge on any atom is 0.337 e. The summed E-state index contributed by atoms with van der Waals surface area (Å²) in [6.45, 7) is 2.83. The van der Waals surface area contributed by atoms with Gasteiger partial charge in [-0.15, -0.1) is 0 Å². The van der Waals surface area contributed by atoms with Crippen LogP contribution in [0.5, 0.6) is 5.88 Å². The molecule has 0 aliphatic heterocycles. The van der Waals surface area contributed by atoms with Crippen LogP contribution in [-0.2, 0) is 11.3 Å². The zero-order valence-corrected chi connectivity index (χ0v) is 14.0. The van der Waals surface area contributed by atoms with Crippen LogP contribution in [0.15, 0.2) is 42.6 Å². The first-order valence-corrected chi connectivity index (χ1v) is 7.56. The Bertz CT molecular complexity index is 696. The van der Waals surface area contributed by atoms with E-state index in [9.17, 15) is 9.59 Å². The number of aromatic nitrogens is 1. The maximum absolute atomic E-state index is 12.4. The molecule has 1 aromatic carbocycles. The predicted molar refractivity (Wildman–Crippen MR) is 89.0 cm³/mol. The number of hydrogen-bond acceptors (Lipinski definition) is 5. The average Bonchev–Trinajstić information content (AvgIpc) is 2.62. The molecule has 0 saturated heterocycles. The van der Waals surface area contributed by atoms with Gasteiger partial charge in [0.2, 0.25) is 5.88 Å². The van der Waals surface area contributed by atoms with Gasteiger partial charge in [-0.25, -0.2) is 9.78 Å². The Hall–Kier alpha value is -2.89. The van der Waals surface area contributed by atoms with E-state index in [0.717, 1.165) is 5.56 Å². The number of pyridine rings is 1. The summed E-state index contributed by atoms with van der Waals surface area (Å²) in [6.07, 6.45) is 1.50. The van der Waals surface area contributed by atoms with Crippen molar-refractivity contribution < 1.29 is 19.1 Å². The van der Waals surface area contributed by atoms with Gasteiger partial charge in [-0.3, -0.25) is 4.79 Å². The molecule has 0 aliphatic rings. The number of methoxy groups -OCH3 is 1. The van der Waals surface area contributed by atoms with Gasteiger partial charge >= 0.3 is 5.97 Å². The fraction of sp³-hybridized carbons (Fsp3) is 0.278. The molecule has 6 heteroatoms. The maximum atomic E-state index is 12.4. The summed E-state index contributed by atoms with van der Waals surface area (Å²) in [6, 6.07) is 10.3.